The van der Waals surface area contributed by atoms with Gasteiger partial charge in [0.1, 0.15) is 0 Å². The lowest BCUT2D eigenvalue weighted by molar-refractivity contribution is -0.132. The fourth-order valence-electron chi connectivity index (χ4n) is 2.20. The van der Waals surface area contributed by atoms with Crippen molar-refractivity contribution >= 4 is 18.5 Å². The quantitative estimate of drug-likeness (QED) is 0.680. The smallest absolute Gasteiger partial charge is 0.223 e. The van der Waals surface area contributed by atoms with Crippen LogP contribution in [0.5, 0.6) is 0 Å². The monoisotopic (exact) mass is 241 g/mol. The first-order valence-electron chi connectivity index (χ1n) is 6.58. The first-order chi connectivity index (χ1) is 7.69. The molecule has 0 spiro atoms. The molecule has 92 valence electrons. The first-order valence-corrected chi connectivity index (χ1v) is 7.21. The molecule has 0 aromatic rings. The van der Waals surface area contributed by atoms with Crippen LogP contribution in [0.25, 0.3) is 0 Å². The topological polar surface area (TPSA) is 20.3 Å². The third kappa shape index (κ3) is 3.16. The van der Waals surface area contributed by atoms with Crippen LogP contribution in [0, 0.1) is 11.3 Å². The molecule has 16 heavy (non-hydrogen) atoms. The molecular weight excluding hydrogens is 218 g/mol. The van der Waals surface area contributed by atoms with Gasteiger partial charge in [0.2, 0.25) is 5.91 Å². The molecule has 0 unspecified atom stereocenters. The van der Waals surface area contributed by atoms with E-state index in [0.717, 1.165) is 37.6 Å². The van der Waals surface area contributed by atoms with E-state index in [4.69, 9.17) is 0 Å². The Labute approximate surface area is 104 Å². The average Bonchev–Trinajstić information content (AvgIpc) is 3.13. The van der Waals surface area contributed by atoms with Crippen LogP contribution in [-0.4, -0.2) is 29.6 Å². The Balaban J connectivity index is 1.83. The first kappa shape index (κ1) is 12.3. The average molecular weight is 241 g/mol. The molecule has 0 aliphatic heterocycles. The summed E-state index contributed by atoms with van der Waals surface area (Å²) in [6, 6.07) is 0. The van der Waals surface area contributed by atoms with E-state index >= 15 is 0 Å². The van der Waals surface area contributed by atoms with E-state index < -0.39 is 0 Å². The summed E-state index contributed by atoms with van der Waals surface area (Å²) < 4.78 is 0. The van der Waals surface area contributed by atoms with Crippen LogP contribution in [0.15, 0.2) is 0 Å². The molecule has 0 aromatic heterocycles. The van der Waals surface area contributed by atoms with Crippen molar-refractivity contribution in [3.63, 3.8) is 0 Å². The van der Waals surface area contributed by atoms with Gasteiger partial charge in [-0.05, 0) is 49.2 Å². The summed E-state index contributed by atoms with van der Waals surface area (Å²) in [5.41, 5.74) is 0.274. The molecule has 2 aliphatic carbocycles. The molecule has 2 saturated carbocycles. The van der Waals surface area contributed by atoms with Crippen LogP contribution in [0.4, 0.5) is 0 Å². The SMILES string of the molecule is CCCN(CC1CC1)C(=O)CC1(CS)CC1. The predicted octanol–water partition coefficient (Wildman–Crippen LogP) is 2.74. The zero-order valence-corrected chi connectivity index (χ0v) is 11.1. The Bertz CT molecular complexity index is 259. The van der Waals surface area contributed by atoms with Gasteiger partial charge in [0.05, 0.1) is 0 Å². The van der Waals surface area contributed by atoms with E-state index in [1.54, 1.807) is 0 Å². The minimum absolute atomic E-state index is 0.274. The second kappa shape index (κ2) is 4.99. The van der Waals surface area contributed by atoms with Gasteiger partial charge in [-0.1, -0.05) is 6.92 Å². The number of carbonyl (C=O) groups is 1. The molecule has 3 heteroatoms. The van der Waals surface area contributed by atoms with Crippen molar-refractivity contribution in [3.05, 3.63) is 0 Å². The molecule has 0 radical (unpaired) electrons. The Morgan fingerprint density at radius 3 is 2.56 bits per heavy atom. The second-order valence-corrected chi connectivity index (χ2v) is 5.93. The van der Waals surface area contributed by atoms with E-state index in [9.17, 15) is 4.79 Å². The van der Waals surface area contributed by atoms with Crippen LogP contribution < -0.4 is 0 Å². The molecule has 0 heterocycles. The Morgan fingerprint density at radius 1 is 1.44 bits per heavy atom. The summed E-state index contributed by atoms with van der Waals surface area (Å²) in [5.74, 6) is 2.06. The molecular formula is C13H23NOS. The number of nitrogens with zero attached hydrogens (tertiary/aromatic N) is 1. The highest BCUT2D eigenvalue weighted by molar-refractivity contribution is 7.80. The lowest BCUT2D eigenvalue weighted by Crippen LogP contribution is -2.35. The third-order valence-corrected chi connectivity index (χ3v) is 4.51. The lowest BCUT2D eigenvalue weighted by Gasteiger charge is -2.24. The number of amides is 1. The molecule has 2 rings (SSSR count). The van der Waals surface area contributed by atoms with Gasteiger partial charge >= 0.3 is 0 Å². The standard InChI is InChI=1S/C13H23NOS/c1-2-7-14(9-11-3-4-11)12(15)8-13(10-16)5-6-13/h11,16H,2-10H2,1H3. The summed E-state index contributed by atoms with van der Waals surface area (Å²) in [4.78, 5) is 14.3. The van der Waals surface area contributed by atoms with Crippen LogP contribution in [0.1, 0.15) is 45.4 Å². The molecule has 2 nitrogen and oxygen atoms in total. The van der Waals surface area contributed by atoms with Crippen LogP contribution >= 0.6 is 12.6 Å². The van der Waals surface area contributed by atoms with Gasteiger partial charge in [-0.25, -0.2) is 0 Å². The lowest BCUT2D eigenvalue weighted by atomic mass is 10.0. The molecule has 1 amide bonds. The van der Waals surface area contributed by atoms with Crippen LogP contribution in [0.2, 0.25) is 0 Å². The molecule has 2 aliphatic rings. The summed E-state index contributed by atoms with van der Waals surface area (Å²) in [6.45, 7) is 4.10. The van der Waals surface area contributed by atoms with E-state index in [1.807, 2.05) is 0 Å². The maximum absolute atomic E-state index is 12.2. The molecule has 0 bridgehead atoms. The number of rotatable bonds is 7. The van der Waals surface area contributed by atoms with Gasteiger partial charge in [-0.15, -0.1) is 0 Å². The fraction of sp³-hybridized carbons (Fsp3) is 0.923. The van der Waals surface area contributed by atoms with E-state index in [1.165, 1.54) is 25.7 Å². The molecule has 0 saturated heterocycles. The number of hydrogen-bond donors (Lipinski definition) is 1. The van der Waals surface area contributed by atoms with Crippen molar-refractivity contribution in [2.75, 3.05) is 18.8 Å². The van der Waals surface area contributed by atoms with Gasteiger partial charge in [0, 0.05) is 19.5 Å². The van der Waals surface area contributed by atoms with Gasteiger partial charge in [0.15, 0.2) is 0 Å². The van der Waals surface area contributed by atoms with Gasteiger partial charge in [-0.3, -0.25) is 4.79 Å². The number of thiol groups is 1. The van der Waals surface area contributed by atoms with Crippen molar-refractivity contribution in [1.29, 1.82) is 0 Å². The maximum Gasteiger partial charge on any atom is 0.223 e. The predicted molar refractivity (Wildman–Crippen MR) is 69.7 cm³/mol. The maximum atomic E-state index is 12.2. The van der Waals surface area contributed by atoms with Gasteiger partial charge in [0.25, 0.3) is 0 Å². The highest BCUT2D eigenvalue weighted by Gasteiger charge is 2.43. The fourth-order valence-corrected chi connectivity index (χ4v) is 2.63. The summed E-state index contributed by atoms with van der Waals surface area (Å²) >= 11 is 4.37. The van der Waals surface area contributed by atoms with Gasteiger partial charge in [-0.2, -0.15) is 12.6 Å². The number of carbonyl (C=O) groups excluding carboxylic acids is 1. The minimum Gasteiger partial charge on any atom is -0.342 e. The summed E-state index contributed by atoms with van der Waals surface area (Å²) in [7, 11) is 0. The van der Waals surface area contributed by atoms with Crippen LogP contribution in [0.3, 0.4) is 0 Å². The summed E-state index contributed by atoms with van der Waals surface area (Å²) in [6.07, 6.45) is 6.86. The molecule has 0 atom stereocenters. The zero-order valence-electron chi connectivity index (χ0n) is 10.2. The van der Waals surface area contributed by atoms with Gasteiger partial charge < -0.3 is 4.90 Å². The van der Waals surface area contributed by atoms with Crippen molar-refractivity contribution in [2.24, 2.45) is 11.3 Å². The second-order valence-electron chi connectivity index (χ2n) is 5.62. The van der Waals surface area contributed by atoms with E-state index in [2.05, 4.69) is 24.5 Å². The Morgan fingerprint density at radius 2 is 2.12 bits per heavy atom. The molecule has 2 fully saturated rings. The highest BCUT2D eigenvalue weighted by atomic mass is 32.1. The normalized spacial score (nSPS) is 21.9. The van der Waals surface area contributed by atoms with Crippen molar-refractivity contribution in [2.45, 2.75) is 45.4 Å². The zero-order chi connectivity index (χ0) is 11.6. The van der Waals surface area contributed by atoms with Crippen molar-refractivity contribution in [1.82, 2.24) is 4.90 Å². The third-order valence-electron chi connectivity index (χ3n) is 3.84. The molecule has 0 aromatic carbocycles. The minimum atomic E-state index is 0.274. The highest BCUT2D eigenvalue weighted by Crippen LogP contribution is 2.50. The van der Waals surface area contributed by atoms with Crippen molar-refractivity contribution < 1.29 is 4.79 Å². The Kier molecular flexibility index (Phi) is 3.83. The molecule has 0 N–H and O–H groups in total. The number of hydrogen-bond acceptors (Lipinski definition) is 2. The largest absolute Gasteiger partial charge is 0.342 e. The van der Waals surface area contributed by atoms with E-state index in [0.29, 0.717) is 5.91 Å². The van der Waals surface area contributed by atoms with Crippen molar-refractivity contribution in [3.8, 4) is 0 Å². The van der Waals surface area contributed by atoms with Crippen LogP contribution in [-0.2, 0) is 4.79 Å². The Hall–Kier alpha value is -0.180. The summed E-state index contributed by atoms with van der Waals surface area (Å²) in [5, 5.41) is 0. The van der Waals surface area contributed by atoms with E-state index in [-0.39, 0.29) is 5.41 Å².